The highest BCUT2D eigenvalue weighted by atomic mass is 16.3. The van der Waals surface area contributed by atoms with Crippen molar-refractivity contribution in [2.75, 3.05) is 0 Å². The molecule has 68 valence electrons. The molecule has 2 aromatic heterocycles. The van der Waals surface area contributed by atoms with E-state index >= 15 is 0 Å². The lowest BCUT2D eigenvalue weighted by molar-refractivity contribution is 0.598. The average Bonchev–Trinajstić information content (AvgIpc) is 2.64. The number of aryl methyl sites for hydroxylation is 2. The van der Waals surface area contributed by atoms with Crippen LogP contribution in [0.25, 0.3) is 11.1 Å². The lowest BCUT2D eigenvalue weighted by atomic mass is 10.1. The van der Waals surface area contributed by atoms with Gasteiger partial charge in [-0.15, -0.1) is 0 Å². The van der Waals surface area contributed by atoms with Gasteiger partial charge in [-0.05, 0) is 12.8 Å². The summed E-state index contributed by atoms with van der Waals surface area (Å²) in [6, 6.07) is 0. The number of pyridine rings is 1. The normalized spacial score (nSPS) is 10.9. The van der Waals surface area contributed by atoms with Gasteiger partial charge in [0.05, 0.1) is 5.69 Å². The molecular weight excluding hydrogens is 164 g/mol. The summed E-state index contributed by atoms with van der Waals surface area (Å²) >= 11 is 0. The minimum Gasteiger partial charge on any atom is -0.443 e. The van der Waals surface area contributed by atoms with Crippen LogP contribution < -0.4 is 0 Å². The van der Waals surface area contributed by atoms with Crippen molar-refractivity contribution in [3.8, 4) is 0 Å². The lowest BCUT2D eigenvalue weighted by Gasteiger charge is -1.99. The second kappa shape index (κ2) is 3.17. The molecule has 3 nitrogen and oxygen atoms in total. The second-order valence-corrected chi connectivity index (χ2v) is 2.97. The summed E-state index contributed by atoms with van der Waals surface area (Å²) in [5.41, 5.74) is 3.96. The molecule has 2 heterocycles. The number of aromatic nitrogens is 2. The predicted octanol–water partition coefficient (Wildman–Crippen LogP) is 2.35. The van der Waals surface area contributed by atoms with Gasteiger partial charge in [-0.1, -0.05) is 13.8 Å². The third kappa shape index (κ3) is 1.20. The zero-order valence-corrected chi connectivity index (χ0v) is 7.87. The molecule has 0 atom stereocenters. The Bertz CT molecular complexity index is 382. The average molecular weight is 176 g/mol. The fraction of sp³-hybridized carbons (Fsp3) is 0.400. The van der Waals surface area contributed by atoms with Crippen LogP contribution in [0.2, 0.25) is 0 Å². The Labute approximate surface area is 76.8 Å². The second-order valence-electron chi connectivity index (χ2n) is 2.97. The molecule has 3 heteroatoms. The van der Waals surface area contributed by atoms with Gasteiger partial charge in [-0.25, -0.2) is 4.98 Å². The van der Waals surface area contributed by atoms with Crippen molar-refractivity contribution in [2.45, 2.75) is 26.7 Å². The van der Waals surface area contributed by atoms with E-state index in [1.807, 2.05) is 6.20 Å². The van der Waals surface area contributed by atoms with E-state index in [0.717, 1.165) is 35.2 Å². The zero-order chi connectivity index (χ0) is 9.26. The largest absolute Gasteiger partial charge is 0.443 e. The van der Waals surface area contributed by atoms with Gasteiger partial charge in [0.1, 0.15) is 5.52 Å². The molecule has 0 saturated carbocycles. The predicted molar refractivity (Wildman–Crippen MR) is 50.6 cm³/mol. The van der Waals surface area contributed by atoms with E-state index in [0.29, 0.717) is 0 Å². The van der Waals surface area contributed by atoms with E-state index in [4.69, 9.17) is 4.42 Å². The van der Waals surface area contributed by atoms with Crippen molar-refractivity contribution in [3.63, 3.8) is 0 Å². The molecule has 13 heavy (non-hydrogen) atoms. The van der Waals surface area contributed by atoms with Crippen LogP contribution in [-0.2, 0) is 12.8 Å². The topological polar surface area (TPSA) is 38.9 Å². The van der Waals surface area contributed by atoms with Crippen LogP contribution >= 0.6 is 0 Å². The third-order valence-electron chi connectivity index (χ3n) is 2.22. The molecule has 0 aliphatic rings. The molecule has 0 amide bonds. The zero-order valence-electron chi connectivity index (χ0n) is 7.87. The molecule has 0 fully saturated rings. The number of hydrogen-bond donors (Lipinski definition) is 0. The molecular formula is C10H12N2O. The molecule has 0 unspecified atom stereocenters. The maximum atomic E-state index is 5.33. The Hall–Kier alpha value is -1.38. The molecule has 0 spiro atoms. The molecule has 0 aliphatic heterocycles. The first-order valence-corrected chi connectivity index (χ1v) is 4.56. The Balaban J connectivity index is 2.74. The molecule has 2 aromatic rings. The molecule has 0 N–H and O–H groups in total. The van der Waals surface area contributed by atoms with E-state index in [1.54, 1.807) is 0 Å². The summed E-state index contributed by atoms with van der Waals surface area (Å²) in [7, 11) is 0. The summed E-state index contributed by atoms with van der Waals surface area (Å²) in [5.74, 6) is 0. The summed E-state index contributed by atoms with van der Waals surface area (Å²) in [6.45, 7) is 4.16. The molecule has 0 radical (unpaired) electrons. The van der Waals surface area contributed by atoms with Crippen LogP contribution in [0.4, 0.5) is 0 Å². The highest BCUT2D eigenvalue weighted by Crippen LogP contribution is 2.20. The van der Waals surface area contributed by atoms with Crippen molar-refractivity contribution in [3.05, 3.63) is 23.8 Å². The van der Waals surface area contributed by atoms with Gasteiger partial charge in [-0.3, -0.25) is 4.98 Å². The van der Waals surface area contributed by atoms with Crippen molar-refractivity contribution in [1.29, 1.82) is 0 Å². The van der Waals surface area contributed by atoms with E-state index in [2.05, 4.69) is 23.8 Å². The first-order valence-electron chi connectivity index (χ1n) is 4.56. The highest BCUT2D eigenvalue weighted by molar-refractivity contribution is 5.77. The van der Waals surface area contributed by atoms with E-state index in [1.165, 1.54) is 6.39 Å². The van der Waals surface area contributed by atoms with E-state index in [-0.39, 0.29) is 0 Å². The number of rotatable bonds is 2. The third-order valence-corrected chi connectivity index (χ3v) is 2.22. The van der Waals surface area contributed by atoms with Gasteiger partial charge >= 0.3 is 0 Å². The summed E-state index contributed by atoms with van der Waals surface area (Å²) in [6.07, 6.45) is 5.20. The quantitative estimate of drug-likeness (QED) is 0.705. The maximum absolute atomic E-state index is 5.33. The van der Waals surface area contributed by atoms with Crippen molar-refractivity contribution < 1.29 is 4.42 Å². The minimum atomic E-state index is 0.896. The number of nitrogens with zero attached hydrogens (tertiary/aromatic N) is 2. The Morgan fingerprint density at radius 3 is 2.77 bits per heavy atom. The SMILES string of the molecule is CCc1ncc(CC)c2ocnc12. The summed E-state index contributed by atoms with van der Waals surface area (Å²) < 4.78 is 5.33. The standard InChI is InChI=1S/C10H12N2O/c1-3-7-5-11-8(4-2)9-10(7)13-6-12-9/h5-6H,3-4H2,1-2H3. The molecule has 0 aliphatic carbocycles. The summed E-state index contributed by atoms with van der Waals surface area (Å²) in [5, 5.41) is 0. The van der Waals surface area contributed by atoms with Crippen LogP contribution in [0.3, 0.4) is 0 Å². The Morgan fingerprint density at radius 2 is 2.08 bits per heavy atom. The van der Waals surface area contributed by atoms with Gasteiger partial charge in [0.25, 0.3) is 0 Å². The van der Waals surface area contributed by atoms with Crippen molar-refractivity contribution in [1.82, 2.24) is 9.97 Å². The minimum absolute atomic E-state index is 0.896. The molecule has 0 saturated heterocycles. The van der Waals surface area contributed by atoms with Crippen molar-refractivity contribution in [2.24, 2.45) is 0 Å². The van der Waals surface area contributed by atoms with Crippen LogP contribution in [0.5, 0.6) is 0 Å². The monoisotopic (exact) mass is 176 g/mol. The molecule has 0 aromatic carbocycles. The van der Waals surface area contributed by atoms with Gasteiger partial charge in [0, 0.05) is 11.8 Å². The van der Waals surface area contributed by atoms with E-state index < -0.39 is 0 Å². The van der Waals surface area contributed by atoms with Gasteiger partial charge in [0.2, 0.25) is 0 Å². The van der Waals surface area contributed by atoms with E-state index in [9.17, 15) is 0 Å². The van der Waals surface area contributed by atoms with Crippen LogP contribution in [0.15, 0.2) is 17.0 Å². The smallest absolute Gasteiger partial charge is 0.182 e. The maximum Gasteiger partial charge on any atom is 0.182 e. The fourth-order valence-corrected chi connectivity index (χ4v) is 1.47. The lowest BCUT2D eigenvalue weighted by Crippen LogP contribution is -1.92. The van der Waals surface area contributed by atoms with Crippen LogP contribution in [0.1, 0.15) is 25.1 Å². The first kappa shape index (κ1) is 8.23. The number of oxazole rings is 1. The van der Waals surface area contributed by atoms with Gasteiger partial charge in [0.15, 0.2) is 12.0 Å². The Kier molecular flexibility index (Phi) is 2.00. The number of fused-ring (bicyclic) bond motifs is 1. The van der Waals surface area contributed by atoms with Crippen LogP contribution in [-0.4, -0.2) is 9.97 Å². The first-order chi connectivity index (χ1) is 6.36. The number of hydrogen-bond acceptors (Lipinski definition) is 3. The van der Waals surface area contributed by atoms with Crippen LogP contribution in [0, 0.1) is 0 Å². The molecule has 2 rings (SSSR count). The van der Waals surface area contributed by atoms with Crippen molar-refractivity contribution >= 4 is 11.1 Å². The fourth-order valence-electron chi connectivity index (χ4n) is 1.47. The highest BCUT2D eigenvalue weighted by Gasteiger charge is 2.08. The molecule has 0 bridgehead atoms. The van der Waals surface area contributed by atoms with Gasteiger partial charge in [-0.2, -0.15) is 0 Å². The summed E-state index contributed by atoms with van der Waals surface area (Å²) in [4.78, 5) is 8.51. The Morgan fingerprint density at radius 1 is 1.23 bits per heavy atom. The van der Waals surface area contributed by atoms with Gasteiger partial charge < -0.3 is 4.42 Å².